The predicted octanol–water partition coefficient (Wildman–Crippen LogP) is 2.37. The van der Waals surface area contributed by atoms with E-state index in [1.807, 2.05) is 0 Å². The monoisotopic (exact) mass is 101 g/mol. The molecule has 7 heavy (non-hydrogen) atoms. The SMILES string of the molecule is C=C[O].CCCC. The van der Waals surface area contributed by atoms with Crippen LogP contribution in [-0.2, 0) is 5.11 Å². The molecule has 0 saturated carbocycles. The number of hydrogen-bond acceptors (Lipinski definition) is 0. The molecule has 0 amide bonds. The highest BCUT2D eigenvalue weighted by atomic mass is 16.2. The van der Waals surface area contributed by atoms with E-state index < -0.39 is 0 Å². The fourth-order valence-corrected chi connectivity index (χ4v) is 0. The van der Waals surface area contributed by atoms with E-state index in [-0.39, 0.29) is 0 Å². The molecule has 0 heterocycles. The van der Waals surface area contributed by atoms with E-state index in [2.05, 4.69) is 20.4 Å². The van der Waals surface area contributed by atoms with Crippen molar-refractivity contribution in [1.29, 1.82) is 0 Å². The van der Waals surface area contributed by atoms with Crippen molar-refractivity contribution in [3.63, 3.8) is 0 Å². The lowest BCUT2D eigenvalue weighted by atomic mass is 10.4. The summed E-state index contributed by atoms with van der Waals surface area (Å²) in [6.45, 7) is 7.17. The molecule has 1 radical (unpaired) electrons. The molecule has 43 valence electrons. The lowest BCUT2D eigenvalue weighted by Gasteiger charge is -1.68. The van der Waals surface area contributed by atoms with Gasteiger partial charge in [-0.15, -0.1) is 0 Å². The molecule has 0 spiro atoms. The van der Waals surface area contributed by atoms with Gasteiger partial charge in [0, 0.05) is 0 Å². The first-order chi connectivity index (χ1) is 3.33. The maximum atomic E-state index is 8.69. The molecular weight excluding hydrogens is 88.1 g/mol. The van der Waals surface area contributed by atoms with Crippen molar-refractivity contribution >= 4 is 0 Å². The predicted molar refractivity (Wildman–Crippen MR) is 31.5 cm³/mol. The summed E-state index contributed by atoms with van der Waals surface area (Å²) in [7, 11) is 0. The zero-order valence-corrected chi connectivity index (χ0v) is 5.11. The van der Waals surface area contributed by atoms with Crippen molar-refractivity contribution in [2.24, 2.45) is 0 Å². The summed E-state index contributed by atoms with van der Waals surface area (Å²) < 4.78 is 0. The summed E-state index contributed by atoms with van der Waals surface area (Å²) in [5.74, 6) is 0. The Kier molecular flexibility index (Phi) is 24.6. The van der Waals surface area contributed by atoms with Crippen LogP contribution in [0.4, 0.5) is 0 Å². The average molecular weight is 101 g/mol. The van der Waals surface area contributed by atoms with Crippen LogP contribution < -0.4 is 0 Å². The number of unbranched alkanes of at least 4 members (excludes halogenated alkanes) is 1. The quantitative estimate of drug-likeness (QED) is 0.452. The number of hydrogen-bond donors (Lipinski definition) is 0. The number of rotatable bonds is 1. The Morgan fingerprint density at radius 3 is 1.57 bits per heavy atom. The maximum absolute atomic E-state index is 8.69. The highest BCUT2D eigenvalue weighted by Gasteiger charge is 1.56. The Balaban J connectivity index is 0. The highest BCUT2D eigenvalue weighted by molar-refractivity contribution is 4.37. The van der Waals surface area contributed by atoms with Crippen molar-refractivity contribution < 1.29 is 5.11 Å². The first kappa shape index (κ1) is 9.74. The van der Waals surface area contributed by atoms with Crippen LogP contribution >= 0.6 is 0 Å². The van der Waals surface area contributed by atoms with Crippen LogP contribution in [0.15, 0.2) is 12.8 Å². The zero-order valence-electron chi connectivity index (χ0n) is 5.11. The van der Waals surface area contributed by atoms with Gasteiger partial charge in [-0.05, 0) is 0 Å². The third-order valence-electron chi connectivity index (χ3n) is 0.500. The Morgan fingerprint density at radius 2 is 1.57 bits per heavy atom. The minimum atomic E-state index is 0.500. The van der Waals surface area contributed by atoms with Gasteiger partial charge in [-0.25, -0.2) is 0 Å². The van der Waals surface area contributed by atoms with Crippen LogP contribution in [0.1, 0.15) is 26.7 Å². The van der Waals surface area contributed by atoms with Gasteiger partial charge in [0.15, 0.2) is 0 Å². The van der Waals surface area contributed by atoms with Crippen LogP contribution in [0.3, 0.4) is 0 Å². The molecule has 1 nitrogen and oxygen atoms in total. The van der Waals surface area contributed by atoms with E-state index in [1.54, 1.807) is 0 Å². The van der Waals surface area contributed by atoms with E-state index in [0.717, 1.165) is 0 Å². The molecule has 0 atom stereocenters. The summed E-state index contributed by atoms with van der Waals surface area (Å²) in [6.07, 6.45) is 3.14. The van der Waals surface area contributed by atoms with Gasteiger partial charge in [0.2, 0.25) is 0 Å². The van der Waals surface area contributed by atoms with Gasteiger partial charge in [-0.2, -0.15) is 0 Å². The lowest BCUT2D eigenvalue weighted by Crippen LogP contribution is -1.47. The van der Waals surface area contributed by atoms with Gasteiger partial charge < -0.3 is 0 Å². The molecule has 0 aromatic heterocycles. The molecule has 0 aromatic carbocycles. The first-order valence-electron chi connectivity index (χ1n) is 2.56. The van der Waals surface area contributed by atoms with Gasteiger partial charge in [0.05, 0.1) is 0 Å². The van der Waals surface area contributed by atoms with Gasteiger partial charge in [-0.3, -0.25) is 5.11 Å². The van der Waals surface area contributed by atoms with Crippen LogP contribution in [0.5, 0.6) is 0 Å². The van der Waals surface area contributed by atoms with Gasteiger partial charge in [0.1, 0.15) is 6.26 Å². The Bertz CT molecular complexity index is 23.4. The smallest absolute Gasteiger partial charge is 0.135 e. The molecule has 0 unspecified atom stereocenters. The average Bonchev–Trinajstić information content (AvgIpc) is 1.69. The lowest BCUT2D eigenvalue weighted by molar-refractivity contribution is 0.353. The summed E-state index contributed by atoms with van der Waals surface area (Å²) in [6, 6.07) is 0. The third kappa shape index (κ3) is 238. The van der Waals surface area contributed by atoms with Crippen molar-refractivity contribution in [3.05, 3.63) is 12.8 Å². The third-order valence-corrected chi connectivity index (χ3v) is 0.500. The Labute approximate surface area is 45.7 Å². The van der Waals surface area contributed by atoms with Crippen LogP contribution in [0.2, 0.25) is 0 Å². The van der Waals surface area contributed by atoms with Gasteiger partial charge in [0.25, 0.3) is 0 Å². The summed E-state index contributed by atoms with van der Waals surface area (Å²) in [4.78, 5) is 0. The summed E-state index contributed by atoms with van der Waals surface area (Å²) in [5, 5.41) is 8.69. The second-order valence-electron chi connectivity index (χ2n) is 1.17. The molecular formula is C6H13O. The summed E-state index contributed by atoms with van der Waals surface area (Å²) in [5.41, 5.74) is 0. The second kappa shape index (κ2) is 17.7. The molecule has 1 heteroatoms. The van der Waals surface area contributed by atoms with E-state index in [1.165, 1.54) is 12.8 Å². The second-order valence-corrected chi connectivity index (χ2v) is 1.17. The molecule has 0 bridgehead atoms. The standard InChI is InChI=1S/C4H10.C2H3O/c1-3-4-2;1-2-3/h3-4H2,1-2H3;2H,1H2. The zero-order chi connectivity index (χ0) is 6.12. The van der Waals surface area contributed by atoms with Gasteiger partial charge >= 0.3 is 0 Å². The van der Waals surface area contributed by atoms with Crippen LogP contribution in [0.25, 0.3) is 0 Å². The molecule has 0 fully saturated rings. The van der Waals surface area contributed by atoms with E-state index in [0.29, 0.717) is 6.26 Å². The molecule has 0 N–H and O–H groups in total. The maximum Gasteiger partial charge on any atom is 0.135 e. The molecule has 0 aliphatic carbocycles. The molecule has 0 saturated heterocycles. The van der Waals surface area contributed by atoms with E-state index >= 15 is 0 Å². The molecule has 0 rings (SSSR count). The molecule has 0 aliphatic heterocycles. The normalized spacial score (nSPS) is 6.00. The Morgan fingerprint density at radius 1 is 1.43 bits per heavy atom. The van der Waals surface area contributed by atoms with Crippen LogP contribution in [0, 0.1) is 0 Å². The first-order valence-corrected chi connectivity index (χ1v) is 2.56. The van der Waals surface area contributed by atoms with E-state index in [9.17, 15) is 0 Å². The molecule has 0 aliphatic rings. The summed E-state index contributed by atoms with van der Waals surface area (Å²) >= 11 is 0. The Hall–Kier alpha value is -0.460. The van der Waals surface area contributed by atoms with Gasteiger partial charge in [-0.1, -0.05) is 33.3 Å². The minimum absolute atomic E-state index is 0.500. The fourth-order valence-electron chi connectivity index (χ4n) is 0. The van der Waals surface area contributed by atoms with Crippen molar-refractivity contribution in [1.82, 2.24) is 0 Å². The largest absolute Gasteiger partial charge is 0.299 e. The highest BCUT2D eigenvalue weighted by Crippen LogP contribution is 1.76. The van der Waals surface area contributed by atoms with Crippen molar-refractivity contribution in [2.75, 3.05) is 0 Å². The van der Waals surface area contributed by atoms with Crippen molar-refractivity contribution in [2.45, 2.75) is 26.7 Å². The van der Waals surface area contributed by atoms with Crippen LogP contribution in [-0.4, -0.2) is 0 Å². The topological polar surface area (TPSA) is 19.9 Å². The van der Waals surface area contributed by atoms with Crippen molar-refractivity contribution in [3.8, 4) is 0 Å². The van der Waals surface area contributed by atoms with E-state index in [4.69, 9.17) is 5.11 Å². The fraction of sp³-hybridized carbons (Fsp3) is 0.667. The molecule has 0 aromatic rings. The minimum Gasteiger partial charge on any atom is -0.299 e.